The lowest BCUT2D eigenvalue weighted by atomic mass is 9.82. The second-order valence-corrected chi connectivity index (χ2v) is 7.92. The highest BCUT2D eigenvalue weighted by molar-refractivity contribution is 6.33. The van der Waals surface area contributed by atoms with Crippen molar-refractivity contribution in [3.8, 4) is 11.1 Å². The van der Waals surface area contributed by atoms with Crippen LogP contribution in [-0.2, 0) is 21.5 Å². The molecule has 3 rings (SSSR count). The molecule has 2 atom stereocenters. The van der Waals surface area contributed by atoms with Crippen LogP contribution in [0.2, 0.25) is 5.02 Å². The predicted molar refractivity (Wildman–Crippen MR) is 116 cm³/mol. The highest BCUT2D eigenvalue weighted by Gasteiger charge is 2.43. The molecule has 1 aromatic heterocycles. The first kappa shape index (κ1) is 22.2. The van der Waals surface area contributed by atoms with Gasteiger partial charge in [0.2, 0.25) is 0 Å². The summed E-state index contributed by atoms with van der Waals surface area (Å²) in [5.41, 5.74) is 2.31. The molecule has 1 aliphatic heterocycles. The molecule has 2 N–H and O–H groups in total. The van der Waals surface area contributed by atoms with Gasteiger partial charge in [0, 0.05) is 38.6 Å². The minimum absolute atomic E-state index is 0.391. The summed E-state index contributed by atoms with van der Waals surface area (Å²) in [5.74, 6) is 0. The molecular weight excluding hydrogens is 388 g/mol. The third kappa shape index (κ3) is 5.16. The zero-order chi connectivity index (χ0) is 20.7. The van der Waals surface area contributed by atoms with E-state index in [0.717, 1.165) is 36.9 Å². The molecule has 0 aliphatic carbocycles. The van der Waals surface area contributed by atoms with E-state index < -0.39 is 11.7 Å². The topological polar surface area (TPSA) is 63.6 Å². The van der Waals surface area contributed by atoms with Crippen molar-refractivity contribution in [1.82, 2.24) is 10.3 Å². The maximum atomic E-state index is 12.0. The molecule has 1 aliphatic rings. The second kappa shape index (κ2) is 10.5. The Morgan fingerprint density at radius 1 is 1.34 bits per heavy atom. The van der Waals surface area contributed by atoms with Crippen molar-refractivity contribution in [2.45, 2.75) is 44.3 Å². The Bertz CT molecular complexity index is 795. The van der Waals surface area contributed by atoms with Gasteiger partial charge in [-0.05, 0) is 42.9 Å². The van der Waals surface area contributed by atoms with Crippen molar-refractivity contribution in [3.05, 3.63) is 52.8 Å². The smallest absolute Gasteiger partial charge is 0.134 e. The number of benzene rings is 1. The summed E-state index contributed by atoms with van der Waals surface area (Å²) in [5, 5.41) is 15.9. The van der Waals surface area contributed by atoms with E-state index in [9.17, 15) is 5.11 Å². The van der Waals surface area contributed by atoms with E-state index in [1.54, 1.807) is 19.4 Å². The summed E-state index contributed by atoms with van der Waals surface area (Å²) in [7, 11) is 1.69. The van der Waals surface area contributed by atoms with Gasteiger partial charge >= 0.3 is 0 Å². The lowest BCUT2D eigenvalue weighted by Crippen LogP contribution is -2.52. The maximum absolute atomic E-state index is 12.0. The van der Waals surface area contributed by atoms with Gasteiger partial charge in [-0.15, -0.1) is 0 Å². The Hall–Kier alpha value is -1.50. The van der Waals surface area contributed by atoms with Crippen molar-refractivity contribution in [2.24, 2.45) is 0 Å². The molecule has 0 spiro atoms. The number of rotatable bonds is 9. The number of hydrogen-bond donors (Lipinski definition) is 2. The number of morpholine rings is 1. The normalized spacial score (nSPS) is 19.1. The highest BCUT2D eigenvalue weighted by atomic mass is 35.5. The summed E-state index contributed by atoms with van der Waals surface area (Å²) in [6.45, 7) is 4.70. The minimum Gasteiger partial charge on any atom is -0.385 e. The van der Waals surface area contributed by atoms with Crippen LogP contribution in [0.15, 0.2) is 36.5 Å². The van der Waals surface area contributed by atoms with Crippen LogP contribution in [0.4, 0.5) is 0 Å². The molecular formula is C23H31ClN2O3. The number of aryl methyl sites for hydroxylation is 1. The van der Waals surface area contributed by atoms with Crippen LogP contribution < -0.4 is 5.32 Å². The zero-order valence-electron chi connectivity index (χ0n) is 17.3. The molecule has 5 nitrogen and oxygen atoms in total. The molecule has 29 heavy (non-hydrogen) atoms. The number of aromatic nitrogens is 1. The Morgan fingerprint density at radius 2 is 2.21 bits per heavy atom. The van der Waals surface area contributed by atoms with E-state index >= 15 is 0 Å². The lowest BCUT2D eigenvalue weighted by Gasteiger charge is -2.39. The van der Waals surface area contributed by atoms with Crippen LogP contribution in [0.1, 0.15) is 37.4 Å². The van der Waals surface area contributed by atoms with Crippen LogP contribution in [0, 0.1) is 0 Å². The lowest BCUT2D eigenvalue weighted by molar-refractivity contribution is -0.131. The van der Waals surface area contributed by atoms with Crippen LogP contribution in [0.25, 0.3) is 11.1 Å². The minimum atomic E-state index is -1.25. The van der Waals surface area contributed by atoms with Crippen LogP contribution in [0.3, 0.4) is 0 Å². The molecule has 0 amide bonds. The van der Waals surface area contributed by atoms with E-state index in [1.165, 1.54) is 5.56 Å². The molecule has 1 saturated heterocycles. The average Bonchev–Trinajstić information content (AvgIpc) is 2.77. The first-order chi connectivity index (χ1) is 14.1. The molecule has 6 heteroatoms. The monoisotopic (exact) mass is 418 g/mol. The first-order valence-corrected chi connectivity index (χ1v) is 10.8. The van der Waals surface area contributed by atoms with Crippen LogP contribution >= 0.6 is 11.6 Å². The summed E-state index contributed by atoms with van der Waals surface area (Å²) in [4.78, 5) is 4.64. The van der Waals surface area contributed by atoms with Crippen molar-refractivity contribution in [1.29, 1.82) is 0 Å². The van der Waals surface area contributed by atoms with Crippen molar-refractivity contribution in [2.75, 3.05) is 33.4 Å². The van der Waals surface area contributed by atoms with Crippen LogP contribution in [0.5, 0.6) is 0 Å². The van der Waals surface area contributed by atoms with Gasteiger partial charge in [-0.1, -0.05) is 42.8 Å². The third-order valence-corrected chi connectivity index (χ3v) is 5.87. The van der Waals surface area contributed by atoms with Gasteiger partial charge in [-0.25, -0.2) is 0 Å². The van der Waals surface area contributed by atoms with E-state index in [2.05, 4.69) is 29.4 Å². The van der Waals surface area contributed by atoms with Crippen molar-refractivity contribution < 1.29 is 14.6 Å². The fourth-order valence-corrected chi connectivity index (χ4v) is 4.19. The molecule has 0 radical (unpaired) electrons. The average molecular weight is 419 g/mol. The van der Waals surface area contributed by atoms with E-state index in [4.69, 9.17) is 21.1 Å². The molecule has 2 heterocycles. The van der Waals surface area contributed by atoms with E-state index in [1.807, 2.05) is 12.1 Å². The Kier molecular flexibility index (Phi) is 8.04. The molecule has 0 bridgehead atoms. The first-order valence-electron chi connectivity index (χ1n) is 10.4. The number of unbranched alkanes of at least 4 members (excludes halogenated alkanes) is 1. The van der Waals surface area contributed by atoms with E-state index in [0.29, 0.717) is 36.9 Å². The SMILES string of the molecule is CCc1cccc(-c2c(Cl)ccnc2[C@](O)(CCCCOC)[C@H]2CNCCO2)c1. The quantitative estimate of drug-likeness (QED) is 0.603. The van der Waals surface area contributed by atoms with Gasteiger partial charge in [0.15, 0.2) is 0 Å². The summed E-state index contributed by atoms with van der Waals surface area (Å²) in [6.07, 6.45) is 4.39. The number of nitrogens with one attached hydrogen (secondary N) is 1. The molecule has 0 unspecified atom stereocenters. The third-order valence-electron chi connectivity index (χ3n) is 5.55. The Labute approximate surface area is 178 Å². The molecule has 1 aromatic carbocycles. The van der Waals surface area contributed by atoms with Gasteiger partial charge in [0.1, 0.15) is 11.7 Å². The van der Waals surface area contributed by atoms with Crippen molar-refractivity contribution >= 4 is 11.6 Å². The Morgan fingerprint density at radius 3 is 2.93 bits per heavy atom. The van der Waals surface area contributed by atoms with Gasteiger partial charge in [-0.2, -0.15) is 0 Å². The van der Waals surface area contributed by atoms with Crippen LogP contribution in [-0.4, -0.2) is 49.6 Å². The molecule has 1 fully saturated rings. The summed E-state index contributed by atoms with van der Waals surface area (Å²) in [6, 6.07) is 10.1. The number of hydrogen-bond acceptors (Lipinski definition) is 5. The number of pyridine rings is 1. The molecule has 158 valence electrons. The second-order valence-electron chi connectivity index (χ2n) is 7.51. The maximum Gasteiger partial charge on any atom is 0.134 e. The predicted octanol–water partition coefficient (Wildman–Crippen LogP) is 3.96. The van der Waals surface area contributed by atoms with E-state index in [-0.39, 0.29) is 0 Å². The fraction of sp³-hybridized carbons (Fsp3) is 0.522. The Balaban J connectivity index is 2.05. The fourth-order valence-electron chi connectivity index (χ4n) is 3.93. The zero-order valence-corrected chi connectivity index (χ0v) is 18.0. The summed E-state index contributed by atoms with van der Waals surface area (Å²) >= 11 is 6.66. The highest BCUT2D eigenvalue weighted by Crippen LogP contribution is 2.41. The summed E-state index contributed by atoms with van der Waals surface area (Å²) < 4.78 is 11.2. The van der Waals surface area contributed by atoms with Gasteiger partial charge in [0.05, 0.1) is 17.3 Å². The number of halogens is 1. The van der Waals surface area contributed by atoms with Gasteiger partial charge in [-0.3, -0.25) is 4.98 Å². The largest absolute Gasteiger partial charge is 0.385 e. The van der Waals surface area contributed by atoms with Gasteiger partial charge in [0.25, 0.3) is 0 Å². The number of ether oxygens (including phenoxy) is 2. The number of methoxy groups -OCH3 is 1. The number of nitrogens with zero attached hydrogens (tertiary/aromatic N) is 1. The molecule has 0 saturated carbocycles. The van der Waals surface area contributed by atoms with Crippen molar-refractivity contribution in [3.63, 3.8) is 0 Å². The van der Waals surface area contributed by atoms with Gasteiger partial charge < -0.3 is 19.9 Å². The molecule has 2 aromatic rings. The standard InChI is InChI=1S/C23H31ClN2O3/c1-3-17-7-6-8-18(15-17)21-19(24)9-11-26-22(21)23(27,10-4-5-13-28-2)20-16-25-12-14-29-20/h6-9,11,15,20,25,27H,3-5,10,12-14,16H2,1-2H3/t20-,23+/m1/s1. The number of aliphatic hydroxyl groups is 1.